The lowest BCUT2D eigenvalue weighted by Gasteiger charge is -2.11. The summed E-state index contributed by atoms with van der Waals surface area (Å²) >= 11 is 0. The van der Waals surface area contributed by atoms with Crippen LogP contribution < -0.4 is 10.6 Å². The van der Waals surface area contributed by atoms with E-state index >= 15 is 0 Å². The van der Waals surface area contributed by atoms with Crippen molar-refractivity contribution in [3.8, 4) is 0 Å². The summed E-state index contributed by atoms with van der Waals surface area (Å²) in [6.07, 6.45) is 6.63. The average Bonchev–Trinajstić information content (AvgIpc) is 2.49. The molecule has 0 unspecified atom stereocenters. The summed E-state index contributed by atoms with van der Waals surface area (Å²) in [6.45, 7) is 3.13. The molecule has 0 saturated carbocycles. The van der Waals surface area contributed by atoms with Gasteiger partial charge in [-0.25, -0.2) is 0 Å². The summed E-state index contributed by atoms with van der Waals surface area (Å²) in [4.78, 5) is 10.5. The fraction of sp³-hybridized carbons (Fsp3) is 0.667. The number of hydrogen-bond acceptors (Lipinski definition) is 2. The van der Waals surface area contributed by atoms with Gasteiger partial charge in [-0.15, -0.1) is 0 Å². The van der Waals surface area contributed by atoms with Crippen LogP contribution in [0.15, 0.2) is 12.2 Å². The highest BCUT2D eigenvalue weighted by atomic mass is 16.1. The van der Waals surface area contributed by atoms with Crippen LogP contribution in [0.3, 0.4) is 0 Å². The number of rotatable bonds is 4. The Morgan fingerprint density at radius 2 is 2.08 bits per heavy atom. The van der Waals surface area contributed by atoms with Gasteiger partial charge < -0.3 is 10.6 Å². The fourth-order valence-electron chi connectivity index (χ4n) is 1.30. The minimum Gasteiger partial charge on any atom is -0.355 e. The molecule has 3 heteroatoms. The van der Waals surface area contributed by atoms with Crippen LogP contribution in [0, 0.1) is 0 Å². The standard InChI is InChI=1S/C9H16N2O/c1-8(12)10-6-7-11-9-4-2-3-5-9/h2-3,9,11H,4-7H2,1H3,(H,10,12). The largest absolute Gasteiger partial charge is 0.355 e. The van der Waals surface area contributed by atoms with E-state index in [1.165, 1.54) is 6.92 Å². The highest BCUT2D eigenvalue weighted by molar-refractivity contribution is 5.72. The normalized spacial score (nSPS) is 16.8. The number of amides is 1. The van der Waals surface area contributed by atoms with Gasteiger partial charge in [0, 0.05) is 26.1 Å². The van der Waals surface area contributed by atoms with E-state index in [2.05, 4.69) is 22.8 Å². The summed E-state index contributed by atoms with van der Waals surface area (Å²) in [5, 5.41) is 6.11. The summed E-state index contributed by atoms with van der Waals surface area (Å²) < 4.78 is 0. The molecule has 0 atom stereocenters. The van der Waals surface area contributed by atoms with Crippen LogP contribution in [-0.2, 0) is 4.79 Å². The van der Waals surface area contributed by atoms with Gasteiger partial charge >= 0.3 is 0 Å². The van der Waals surface area contributed by atoms with Crippen LogP contribution in [0.2, 0.25) is 0 Å². The van der Waals surface area contributed by atoms with Crippen LogP contribution in [0.4, 0.5) is 0 Å². The third kappa shape index (κ3) is 3.53. The Balaban J connectivity index is 1.92. The molecule has 1 aliphatic carbocycles. The molecule has 12 heavy (non-hydrogen) atoms. The Labute approximate surface area is 73.2 Å². The van der Waals surface area contributed by atoms with Crippen molar-refractivity contribution in [1.29, 1.82) is 0 Å². The maximum absolute atomic E-state index is 10.5. The third-order valence-corrected chi connectivity index (χ3v) is 1.94. The Hall–Kier alpha value is -0.830. The van der Waals surface area contributed by atoms with E-state index in [1.807, 2.05) is 0 Å². The van der Waals surface area contributed by atoms with Crippen LogP contribution >= 0.6 is 0 Å². The number of carbonyl (C=O) groups excluding carboxylic acids is 1. The molecule has 0 saturated heterocycles. The SMILES string of the molecule is CC(=O)NCCNC1CC=CC1. The van der Waals surface area contributed by atoms with E-state index < -0.39 is 0 Å². The Bertz CT molecular complexity index is 169. The molecule has 0 radical (unpaired) electrons. The van der Waals surface area contributed by atoms with Gasteiger partial charge in [-0.1, -0.05) is 12.2 Å². The maximum atomic E-state index is 10.5. The monoisotopic (exact) mass is 168 g/mol. The highest BCUT2D eigenvalue weighted by Crippen LogP contribution is 2.07. The van der Waals surface area contributed by atoms with Crippen molar-refractivity contribution in [3.05, 3.63) is 12.2 Å². The first-order valence-corrected chi connectivity index (χ1v) is 4.42. The van der Waals surface area contributed by atoms with Crippen molar-refractivity contribution in [1.82, 2.24) is 10.6 Å². The van der Waals surface area contributed by atoms with Gasteiger partial charge in [-0.05, 0) is 12.8 Å². The molecule has 1 amide bonds. The zero-order chi connectivity index (χ0) is 8.81. The zero-order valence-corrected chi connectivity index (χ0v) is 7.47. The van der Waals surface area contributed by atoms with Gasteiger partial charge in [0.05, 0.1) is 0 Å². The summed E-state index contributed by atoms with van der Waals surface area (Å²) in [7, 11) is 0. The highest BCUT2D eigenvalue weighted by Gasteiger charge is 2.07. The van der Waals surface area contributed by atoms with Crippen LogP contribution in [-0.4, -0.2) is 25.0 Å². The van der Waals surface area contributed by atoms with Gasteiger partial charge in [0.1, 0.15) is 0 Å². The summed E-state index contributed by atoms with van der Waals surface area (Å²) in [5.41, 5.74) is 0. The van der Waals surface area contributed by atoms with E-state index in [4.69, 9.17) is 0 Å². The summed E-state index contributed by atoms with van der Waals surface area (Å²) in [5.74, 6) is 0.0429. The average molecular weight is 168 g/mol. The molecule has 0 fully saturated rings. The molecular formula is C9H16N2O. The molecule has 1 rings (SSSR count). The molecule has 3 nitrogen and oxygen atoms in total. The topological polar surface area (TPSA) is 41.1 Å². The fourth-order valence-corrected chi connectivity index (χ4v) is 1.30. The first kappa shape index (κ1) is 9.26. The molecule has 0 aromatic rings. The van der Waals surface area contributed by atoms with Gasteiger partial charge in [-0.2, -0.15) is 0 Å². The predicted molar refractivity (Wildman–Crippen MR) is 48.8 cm³/mol. The smallest absolute Gasteiger partial charge is 0.216 e. The Morgan fingerprint density at radius 1 is 1.42 bits per heavy atom. The van der Waals surface area contributed by atoms with Crippen molar-refractivity contribution in [2.45, 2.75) is 25.8 Å². The second-order valence-electron chi connectivity index (χ2n) is 3.08. The number of carbonyl (C=O) groups is 1. The lowest BCUT2D eigenvalue weighted by molar-refractivity contribution is -0.118. The quantitative estimate of drug-likeness (QED) is 0.472. The van der Waals surface area contributed by atoms with Crippen LogP contribution in [0.5, 0.6) is 0 Å². The van der Waals surface area contributed by atoms with Crippen molar-refractivity contribution in [2.24, 2.45) is 0 Å². The Morgan fingerprint density at radius 3 is 2.67 bits per heavy atom. The minimum absolute atomic E-state index is 0.0429. The second kappa shape index (κ2) is 4.93. The van der Waals surface area contributed by atoms with E-state index in [-0.39, 0.29) is 5.91 Å². The Kier molecular flexibility index (Phi) is 3.80. The van der Waals surface area contributed by atoms with Crippen molar-refractivity contribution < 1.29 is 4.79 Å². The lowest BCUT2D eigenvalue weighted by atomic mass is 10.2. The predicted octanol–water partition coefficient (Wildman–Crippen LogP) is 0.431. The molecule has 0 spiro atoms. The van der Waals surface area contributed by atoms with Crippen LogP contribution in [0.1, 0.15) is 19.8 Å². The van der Waals surface area contributed by atoms with Gasteiger partial charge in [0.2, 0.25) is 5.91 Å². The minimum atomic E-state index is 0.0429. The molecule has 1 aliphatic rings. The van der Waals surface area contributed by atoms with Crippen molar-refractivity contribution in [2.75, 3.05) is 13.1 Å². The van der Waals surface area contributed by atoms with Gasteiger partial charge in [-0.3, -0.25) is 4.79 Å². The van der Waals surface area contributed by atoms with E-state index in [0.29, 0.717) is 6.04 Å². The molecule has 68 valence electrons. The second-order valence-corrected chi connectivity index (χ2v) is 3.08. The lowest BCUT2D eigenvalue weighted by Crippen LogP contribution is -2.35. The maximum Gasteiger partial charge on any atom is 0.216 e. The van der Waals surface area contributed by atoms with E-state index in [9.17, 15) is 4.79 Å². The van der Waals surface area contributed by atoms with Gasteiger partial charge in [0.25, 0.3) is 0 Å². The number of nitrogens with one attached hydrogen (secondary N) is 2. The van der Waals surface area contributed by atoms with Crippen molar-refractivity contribution >= 4 is 5.91 Å². The molecule has 0 bridgehead atoms. The third-order valence-electron chi connectivity index (χ3n) is 1.94. The molecule has 0 heterocycles. The zero-order valence-electron chi connectivity index (χ0n) is 7.47. The summed E-state index contributed by atoms with van der Waals surface area (Å²) in [6, 6.07) is 0.596. The molecule has 0 aliphatic heterocycles. The van der Waals surface area contributed by atoms with E-state index in [0.717, 1.165) is 25.9 Å². The molecule has 0 aromatic heterocycles. The van der Waals surface area contributed by atoms with Gasteiger partial charge in [0.15, 0.2) is 0 Å². The molecule has 0 aromatic carbocycles. The molecule has 2 N–H and O–H groups in total. The van der Waals surface area contributed by atoms with E-state index in [1.54, 1.807) is 0 Å². The molecular weight excluding hydrogens is 152 g/mol. The first-order valence-electron chi connectivity index (χ1n) is 4.42. The van der Waals surface area contributed by atoms with Crippen molar-refractivity contribution in [3.63, 3.8) is 0 Å². The van der Waals surface area contributed by atoms with Crippen LogP contribution in [0.25, 0.3) is 0 Å². The first-order chi connectivity index (χ1) is 5.79. The number of hydrogen-bond donors (Lipinski definition) is 2.